The van der Waals surface area contributed by atoms with Gasteiger partial charge in [-0.05, 0) is 54.4 Å². The molecule has 4 amide bonds. The first-order chi connectivity index (χ1) is 13.8. The van der Waals surface area contributed by atoms with Crippen LogP contribution < -0.4 is 10.6 Å². The average molecular weight is 435 g/mol. The van der Waals surface area contributed by atoms with Gasteiger partial charge in [-0.1, -0.05) is 37.0 Å². The van der Waals surface area contributed by atoms with Gasteiger partial charge in [0.25, 0.3) is 0 Å². The van der Waals surface area contributed by atoms with Crippen molar-refractivity contribution >= 4 is 46.6 Å². The summed E-state index contributed by atoms with van der Waals surface area (Å²) in [6.45, 7) is 5.47. The number of hydrogen-bond acceptors (Lipinski definition) is 2. The molecule has 1 atom stereocenters. The highest BCUT2D eigenvalue weighted by molar-refractivity contribution is 6.30. The van der Waals surface area contributed by atoms with Gasteiger partial charge in [0.1, 0.15) is 0 Å². The lowest BCUT2D eigenvalue weighted by Crippen LogP contribution is -2.59. The van der Waals surface area contributed by atoms with Gasteiger partial charge in [0.15, 0.2) is 0 Å². The molecule has 1 fully saturated rings. The Labute approximate surface area is 180 Å². The van der Waals surface area contributed by atoms with Crippen molar-refractivity contribution in [2.24, 2.45) is 5.92 Å². The van der Waals surface area contributed by atoms with Crippen LogP contribution in [0.4, 0.5) is 21.0 Å². The molecule has 8 heteroatoms. The van der Waals surface area contributed by atoms with Crippen LogP contribution in [0.3, 0.4) is 0 Å². The minimum atomic E-state index is -0.185. The number of piperazine rings is 1. The van der Waals surface area contributed by atoms with Gasteiger partial charge >= 0.3 is 12.1 Å². The molecule has 2 N–H and O–H groups in total. The molecule has 0 radical (unpaired) electrons. The first-order valence-electron chi connectivity index (χ1n) is 9.48. The third-order valence-corrected chi connectivity index (χ3v) is 5.43. The van der Waals surface area contributed by atoms with E-state index in [1.807, 2.05) is 13.8 Å². The van der Waals surface area contributed by atoms with Gasteiger partial charge in [-0.2, -0.15) is 0 Å². The molecule has 3 rings (SSSR count). The molecule has 154 valence electrons. The van der Waals surface area contributed by atoms with E-state index in [-0.39, 0.29) is 24.0 Å². The van der Waals surface area contributed by atoms with Crippen LogP contribution >= 0.6 is 23.2 Å². The Bertz CT molecular complexity index is 856. The molecule has 1 aliphatic heterocycles. The molecule has 2 aromatic rings. The average Bonchev–Trinajstić information content (AvgIpc) is 2.70. The van der Waals surface area contributed by atoms with Gasteiger partial charge in [0.2, 0.25) is 0 Å². The standard InChI is InChI=1S/C21H24Cl2N4O2/c1-14(2)19-13-26(20(28)24-17-7-3-15(22)4-8-17)11-12-27(19)21(29)25-18-9-5-16(23)6-10-18/h3-10,14,19H,11-13H2,1-2H3,(H,24,28)(H,25,29). The van der Waals surface area contributed by atoms with Gasteiger partial charge < -0.3 is 20.4 Å². The van der Waals surface area contributed by atoms with Crippen molar-refractivity contribution in [2.45, 2.75) is 19.9 Å². The second-order valence-electron chi connectivity index (χ2n) is 7.32. The molecule has 0 spiro atoms. The van der Waals surface area contributed by atoms with Crippen LogP contribution in [0.25, 0.3) is 0 Å². The maximum Gasteiger partial charge on any atom is 0.322 e. The SMILES string of the molecule is CC(C)C1CN(C(=O)Nc2ccc(Cl)cc2)CCN1C(=O)Nc1ccc(Cl)cc1. The highest BCUT2D eigenvalue weighted by Crippen LogP contribution is 2.21. The van der Waals surface area contributed by atoms with Crippen LogP contribution in [0.15, 0.2) is 48.5 Å². The molecule has 6 nitrogen and oxygen atoms in total. The van der Waals surface area contributed by atoms with E-state index in [0.717, 1.165) is 0 Å². The predicted molar refractivity (Wildman–Crippen MR) is 118 cm³/mol. The van der Waals surface area contributed by atoms with Crippen molar-refractivity contribution in [1.29, 1.82) is 0 Å². The molecular weight excluding hydrogens is 411 g/mol. The summed E-state index contributed by atoms with van der Waals surface area (Å²) in [6, 6.07) is 13.5. The van der Waals surface area contributed by atoms with E-state index >= 15 is 0 Å². The van der Waals surface area contributed by atoms with E-state index in [9.17, 15) is 9.59 Å². The van der Waals surface area contributed by atoms with Crippen molar-refractivity contribution in [2.75, 3.05) is 30.3 Å². The second kappa shape index (κ2) is 9.37. The Balaban J connectivity index is 1.64. The zero-order valence-electron chi connectivity index (χ0n) is 16.4. The summed E-state index contributed by atoms with van der Waals surface area (Å²) in [7, 11) is 0. The number of carbonyl (C=O) groups excluding carboxylic acids is 2. The number of amides is 4. The van der Waals surface area contributed by atoms with Crippen molar-refractivity contribution in [1.82, 2.24) is 9.80 Å². The third-order valence-electron chi connectivity index (χ3n) is 4.93. The van der Waals surface area contributed by atoms with E-state index in [2.05, 4.69) is 10.6 Å². The number of benzene rings is 2. The fraction of sp³-hybridized carbons (Fsp3) is 0.333. The zero-order chi connectivity index (χ0) is 21.0. The molecule has 0 aliphatic carbocycles. The predicted octanol–water partition coefficient (Wildman–Crippen LogP) is 5.40. The number of carbonyl (C=O) groups is 2. The fourth-order valence-corrected chi connectivity index (χ4v) is 3.53. The number of rotatable bonds is 3. The quantitative estimate of drug-likeness (QED) is 0.678. The summed E-state index contributed by atoms with van der Waals surface area (Å²) in [6.07, 6.45) is 0. The summed E-state index contributed by atoms with van der Waals surface area (Å²) in [4.78, 5) is 29.0. The topological polar surface area (TPSA) is 64.7 Å². The van der Waals surface area contributed by atoms with Crippen molar-refractivity contribution in [3.8, 4) is 0 Å². The maximum atomic E-state index is 12.8. The molecule has 1 aliphatic rings. The Morgan fingerprint density at radius 2 is 1.34 bits per heavy atom. The lowest BCUT2D eigenvalue weighted by Gasteiger charge is -2.43. The van der Waals surface area contributed by atoms with E-state index in [4.69, 9.17) is 23.2 Å². The van der Waals surface area contributed by atoms with Crippen LogP contribution in [-0.2, 0) is 0 Å². The van der Waals surface area contributed by atoms with Crippen molar-refractivity contribution in [3.05, 3.63) is 58.6 Å². The van der Waals surface area contributed by atoms with Crippen molar-refractivity contribution < 1.29 is 9.59 Å². The Morgan fingerprint density at radius 1 is 0.862 bits per heavy atom. The Morgan fingerprint density at radius 3 is 1.83 bits per heavy atom. The number of hydrogen-bond donors (Lipinski definition) is 2. The van der Waals surface area contributed by atoms with E-state index in [1.165, 1.54) is 0 Å². The summed E-state index contributed by atoms with van der Waals surface area (Å²) >= 11 is 11.8. The fourth-order valence-electron chi connectivity index (χ4n) is 3.28. The van der Waals surface area contributed by atoms with Crippen LogP contribution in [0.5, 0.6) is 0 Å². The van der Waals surface area contributed by atoms with Crippen LogP contribution in [0, 0.1) is 5.92 Å². The maximum absolute atomic E-state index is 12.8. The minimum Gasteiger partial charge on any atom is -0.321 e. The first kappa shape index (κ1) is 21.3. The molecule has 0 bridgehead atoms. The molecular formula is C21H24Cl2N4O2. The molecule has 1 unspecified atom stereocenters. The largest absolute Gasteiger partial charge is 0.322 e. The zero-order valence-corrected chi connectivity index (χ0v) is 17.9. The van der Waals surface area contributed by atoms with E-state index < -0.39 is 0 Å². The second-order valence-corrected chi connectivity index (χ2v) is 8.20. The Hall–Kier alpha value is -2.44. The first-order valence-corrected chi connectivity index (χ1v) is 10.2. The lowest BCUT2D eigenvalue weighted by molar-refractivity contribution is 0.0953. The normalized spacial score (nSPS) is 16.7. The minimum absolute atomic E-state index is 0.0907. The smallest absolute Gasteiger partial charge is 0.321 e. The van der Waals surface area contributed by atoms with Gasteiger partial charge in [0, 0.05) is 41.1 Å². The lowest BCUT2D eigenvalue weighted by atomic mass is 10.00. The number of nitrogens with one attached hydrogen (secondary N) is 2. The third kappa shape index (κ3) is 5.55. The Kier molecular flexibility index (Phi) is 6.87. The number of urea groups is 2. The molecule has 29 heavy (non-hydrogen) atoms. The molecule has 0 saturated carbocycles. The van der Waals surface area contributed by atoms with Crippen molar-refractivity contribution in [3.63, 3.8) is 0 Å². The van der Waals surface area contributed by atoms with Gasteiger partial charge in [-0.3, -0.25) is 0 Å². The molecule has 2 aromatic carbocycles. The molecule has 0 aromatic heterocycles. The monoisotopic (exact) mass is 434 g/mol. The molecule has 1 heterocycles. The van der Waals surface area contributed by atoms with Crippen LogP contribution in [0.2, 0.25) is 10.0 Å². The summed E-state index contributed by atoms with van der Waals surface area (Å²) in [5.74, 6) is 0.192. The molecule has 1 saturated heterocycles. The van der Waals surface area contributed by atoms with Gasteiger partial charge in [-0.25, -0.2) is 9.59 Å². The van der Waals surface area contributed by atoms with E-state index in [1.54, 1.807) is 58.3 Å². The highest BCUT2D eigenvalue weighted by atomic mass is 35.5. The number of anilines is 2. The highest BCUT2D eigenvalue weighted by Gasteiger charge is 2.34. The van der Waals surface area contributed by atoms with Crippen LogP contribution in [0.1, 0.15) is 13.8 Å². The summed E-state index contributed by atoms with van der Waals surface area (Å²) < 4.78 is 0. The van der Waals surface area contributed by atoms with Crippen LogP contribution in [-0.4, -0.2) is 47.5 Å². The summed E-state index contributed by atoms with van der Waals surface area (Å²) in [5.41, 5.74) is 1.37. The number of nitrogens with zero attached hydrogens (tertiary/aromatic N) is 2. The van der Waals surface area contributed by atoms with Gasteiger partial charge in [-0.15, -0.1) is 0 Å². The van der Waals surface area contributed by atoms with E-state index in [0.29, 0.717) is 41.1 Å². The summed E-state index contributed by atoms with van der Waals surface area (Å²) in [5, 5.41) is 7.02. The number of halogens is 2. The van der Waals surface area contributed by atoms with Gasteiger partial charge in [0.05, 0.1) is 6.04 Å².